The molecule has 0 aliphatic heterocycles. The smallest absolute Gasteiger partial charge is 0.226 e. The predicted octanol–water partition coefficient (Wildman–Crippen LogP) is 4.55. The number of amides is 1. The van der Waals surface area contributed by atoms with Gasteiger partial charge in [0.1, 0.15) is 4.34 Å². The number of thioether (sulfide) groups is 1. The van der Waals surface area contributed by atoms with Gasteiger partial charge >= 0.3 is 0 Å². The summed E-state index contributed by atoms with van der Waals surface area (Å²) in [6, 6.07) is 8.03. The first-order chi connectivity index (χ1) is 10.6. The first-order valence-corrected chi connectivity index (χ1v) is 9.42. The Bertz CT molecular complexity index is 613. The minimum absolute atomic E-state index is 0.0360. The Kier molecular flexibility index (Phi) is 6.73. The highest BCUT2D eigenvalue weighted by Gasteiger charge is 2.10. The van der Waals surface area contributed by atoms with Gasteiger partial charge in [0.2, 0.25) is 5.91 Å². The van der Waals surface area contributed by atoms with Crippen molar-refractivity contribution in [3.05, 3.63) is 45.9 Å². The maximum atomic E-state index is 11.8. The molecule has 1 aromatic carbocycles. The van der Waals surface area contributed by atoms with E-state index in [0.29, 0.717) is 6.42 Å². The number of rotatable bonds is 7. The standard InChI is InChI=1S/C16H19ClN2OS2/c1-3-11(2)18-15(20)8-14-10-22-16(19-14)21-9-12-4-6-13(17)7-5-12/h4-7,10-11H,3,8-9H2,1-2H3,(H,18,20)/t11-/m1/s1. The summed E-state index contributed by atoms with van der Waals surface area (Å²) in [7, 11) is 0. The van der Waals surface area contributed by atoms with Gasteiger partial charge in [-0.1, -0.05) is 42.4 Å². The van der Waals surface area contributed by atoms with Gasteiger partial charge in [0, 0.05) is 22.2 Å². The average molecular weight is 355 g/mol. The molecule has 118 valence electrons. The van der Waals surface area contributed by atoms with Crippen LogP contribution in [-0.2, 0) is 17.0 Å². The number of thiazole rings is 1. The lowest BCUT2D eigenvalue weighted by atomic mass is 10.2. The second-order valence-electron chi connectivity index (χ2n) is 5.07. The van der Waals surface area contributed by atoms with Gasteiger partial charge in [-0.3, -0.25) is 4.79 Å². The van der Waals surface area contributed by atoms with Crippen LogP contribution in [0.25, 0.3) is 0 Å². The van der Waals surface area contributed by atoms with E-state index in [1.165, 1.54) is 5.56 Å². The van der Waals surface area contributed by atoms with Crippen LogP contribution < -0.4 is 5.32 Å². The van der Waals surface area contributed by atoms with Crippen molar-refractivity contribution in [1.82, 2.24) is 10.3 Å². The Morgan fingerprint density at radius 1 is 1.41 bits per heavy atom. The molecule has 0 spiro atoms. The molecule has 0 bridgehead atoms. The van der Waals surface area contributed by atoms with Gasteiger partial charge < -0.3 is 5.32 Å². The summed E-state index contributed by atoms with van der Waals surface area (Å²) in [5.41, 5.74) is 2.05. The van der Waals surface area contributed by atoms with E-state index >= 15 is 0 Å². The zero-order valence-corrected chi connectivity index (χ0v) is 15.0. The summed E-state index contributed by atoms with van der Waals surface area (Å²) in [6.07, 6.45) is 1.29. The van der Waals surface area contributed by atoms with E-state index in [-0.39, 0.29) is 11.9 Å². The van der Waals surface area contributed by atoms with Gasteiger partial charge in [0.05, 0.1) is 12.1 Å². The third kappa shape index (κ3) is 5.63. The molecule has 1 aromatic heterocycles. The van der Waals surface area contributed by atoms with Crippen LogP contribution >= 0.6 is 34.7 Å². The molecule has 1 N–H and O–H groups in total. The van der Waals surface area contributed by atoms with Crippen molar-refractivity contribution in [2.45, 2.75) is 42.8 Å². The van der Waals surface area contributed by atoms with Crippen LogP contribution in [0.15, 0.2) is 34.0 Å². The van der Waals surface area contributed by atoms with Crippen molar-refractivity contribution < 1.29 is 4.79 Å². The predicted molar refractivity (Wildman–Crippen MR) is 94.7 cm³/mol. The molecule has 0 radical (unpaired) electrons. The third-order valence-corrected chi connectivity index (χ3v) is 5.56. The van der Waals surface area contributed by atoms with Crippen molar-refractivity contribution in [2.75, 3.05) is 0 Å². The zero-order valence-electron chi connectivity index (χ0n) is 12.6. The van der Waals surface area contributed by atoms with Crippen molar-refractivity contribution >= 4 is 40.6 Å². The van der Waals surface area contributed by atoms with Gasteiger partial charge in [-0.25, -0.2) is 4.98 Å². The third-order valence-electron chi connectivity index (χ3n) is 3.17. The largest absolute Gasteiger partial charge is 0.353 e. The van der Waals surface area contributed by atoms with Crippen LogP contribution in [0, 0.1) is 0 Å². The number of hydrogen-bond acceptors (Lipinski definition) is 4. The highest BCUT2D eigenvalue weighted by molar-refractivity contribution is 8.00. The van der Waals surface area contributed by atoms with Crippen LogP contribution in [0.3, 0.4) is 0 Å². The SMILES string of the molecule is CC[C@@H](C)NC(=O)Cc1csc(SCc2ccc(Cl)cc2)n1. The molecule has 0 unspecified atom stereocenters. The fourth-order valence-electron chi connectivity index (χ4n) is 1.75. The molecule has 1 atom stereocenters. The summed E-state index contributed by atoms with van der Waals surface area (Å²) in [4.78, 5) is 16.3. The van der Waals surface area contributed by atoms with E-state index in [4.69, 9.17) is 11.6 Å². The van der Waals surface area contributed by atoms with Gasteiger partial charge in [0.25, 0.3) is 0 Å². The second-order valence-corrected chi connectivity index (χ2v) is 7.59. The van der Waals surface area contributed by atoms with Crippen LogP contribution in [0.1, 0.15) is 31.5 Å². The van der Waals surface area contributed by atoms with Crippen LogP contribution in [-0.4, -0.2) is 16.9 Å². The molecule has 3 nitrogen and oxygen atoms in total. The molecular formula is C16H19ClN2OS2. The highest BCUT2D eigenvalue weighted by Crippen LogP contribution is 2.26. The number of aromatic nitrogens is 1. The van der Waals surface area contributed by atoms with Crippen LogP contribution in [0.4, 0.5) is 0 Å². The number of nitrogens with one attached hydrogen (secondary N) is 1. The lowest BCUT2D eigenvalue weighted by Gasteiger charge is -2.10. The normalized spacial score (nSPS) is 12.1. The van der Waals surface area contributed by atoms with Crippen molar-refractivity contribution in [3.63, 3.8) is 0 Å². The van der Waals surface area contributed by atoms with Crippen LogP contribution in [0.5, 0.6) is 0 Å². The Morgan fingerprint density at radius 3 is 2.82 bits per heavy atom. The van der Waals surface area contributed by atoms with Crippen LogP contribution in [0.2, 0.25) is 5.02 Å². The maximum absolute atomic E-state index is 11.8. The number of halogens is 1. The summed E-state index contributed by atoms with van der Waals surface area (Å²) in [6.45, 7) is 4.06. The summed E-state index contributed by atoms with van der Waals surface area (Å²) in [5, 5.41) is 5.66. The van der Waals surface area contributed by atoms with Crippen molar-refractivity contribution in [1.29, 1.82) is 0 Å². The summed E-state index contributed by atoms with van der Waals surface area (Å²) in [5.74, 6) is 0.886. The number of carbonyl (C=O) groups excluding carboxylic acids is 1. The molecule has 2 aromatic rings. The molecule has 2 rings (SSSR count). The number of carbonyl (C=O) groups is 1. The molecule has 0 saturated heterocycles. The Hall–Kier alpha value is -1.04. The first kappa shape index (κ1) is 17.3. The Labute approximate surface area is 144 Å². The number of benzene rings is 1. The molecule has 0 saturated carbocycles. The molecule has 6 heteroatoms. The molecule has 1 heterocycles. The first-order valence-electron chi connectivity index (χ1n) is 7.18. The molecule has 0 aliphatic rings. The van der Waals surface area contributed by atoms with Gasteiger partial charge in [-0.05, 0) is 31.0 Å². The van der Waals surface area contributed by atoms with E-state index in [1.807, 2.05) is 36.6 Å². The zero-order chi connectivity index (χ0) is 15.9. The fraction of sp³-hybridized carbons (Fsp3) is 0.375. The molecular weight excluding hydrogens is 336 g/mol. The topological polar surface area (TPSA) is 42.0 Å². The second kappa shape index (κ2) is 8.56. The Balaban J connectivity index is 1.83. The number of nitrogens with zero attached hydrogens (tertiary/aromatic N) is 1. The van der Waals surface area contributed by atoms with E-state index in [2.05, 4.69) is 17.2 Å². The van der Waals surface area contributed by atoms with Gasteiger partial charge in [-0.15, -0.1) is 11.3 Å². The molecule has 0 aliphatic carbocycles. The monoisotopic (exact) mass is 354 g/mol. The molecule has 1 amide bonds. The minimum Gasteiger partial charge on any atom is -0.353 e. The summed E-state index contributed by atoms with van der Waals surface area (Å²) < 4.78 is 0.987. The molecule has 0 fully saturated rings. The van der Waals surface area contributed by atoms with Gasteiger partial charge in [-0.2, -0.15) is 0 Å². The average Bonchev–Trinajstić information content (AvgIpc) is 2.93. The number of hydrogen-bond donors (Lipinski definition) is 1. The van der Waals surface area contributed by atoms with Gasteiger partial charge in [0.15, 0.2) is 0 Å². The van der Waals surface area contributed by atoms with E-state index < -0.39 is 0 Å². The summed E-state index contributed by atoms with van der Waals surface area (Å²) >= 11 is 9.13. The van der Waals surface area contributed by atoms with E-state index in [1.54, 1.807) is 23.1 Å². The lowest BCUT2D eigenvalue weighted by Crippen LogP contribution is -2.33. The quantitative estimate of drug-likeness (QED) is 0.742. The lowest BCUT2D eigenvalue weighted by molar-refractivity contribution is -0.121. The van der Waals surface area contributed by atoms with Crippen molar-refractivity contribution in [2.24, 2.45) is 0 Å². The van der Waals surface area contributed by atoms with Crippen molar-refractivity contribution in [3.8, 4) is 0 Å². The Morgan fingerprint density at radius 2 is 2.14 bits per heavy atom. The fourth-order valence-corrected chi connectivity index (χ4v) is 3.68. The maximum Gasteiger partial charge on any atom is 0.226 e. The van der Waals surface area contributed by atoms with E-state index in [0.717, 1.165) is 27.2 Å². The highest BCUT2D eigenvalue weighted by atomic mass is 35.5. The molecule has 22 heavy (non-hydrogen) atoms. The minimum atomic E-state index is 0.0360. The van der Waals surface area contributed by atoms with E-state index in [9.17, 15) is 4.79 Å².